The van der Waals surface area contributed by atoms with Gasteiger partial charge in [0.15, 0.2) is 0 Å². The number of carbonyl (C=O) groups is 2. The molecule has 2 heterocycles. The Hall–Kier alpha value is -2.82. The fourth-order valence-corrected chi connectivity index (χ4v) is 4.44. The largest absolute Gasteiger partial charge is 0.371 e. The van der Waals surface area contributed by atoms with Gasteiger partial charge in [-0.25, -0.2) is 0 Å². The molecule has 4 rings (SSSR count). The molecule has 2 amide bonds. The number of amides is 2. The van der Waals surface area contributed by atoms with Crippen molar-refractivity contribution >= 4 is 23.2 Å². The lowest BCUT2D eigenvalue weighted by Crippen LogP contribution is -2.28. The summed E-state index contributed by atoms with van der Waals surface area (Å²) in [7, 11) is 1.86. The quantitative estimate of drug-likeness (QED) is 0.777. The second-order valence-electron chi connectivity index (χ2n) is 7.98. The van der Waals surface area contributed by atoms with Gasteiger partial charge in [-0.3, -0.25) is 9.59 Å². The number of fused-ring (bicyclic) bond motifs is 1. The number of benzene rings is 2. The van der Waals surface area contributed by atoms with Gasteiger partial charge in [-0.2, -0.15) is 0 Å². The molecule has 5 nitrogen and oxygen atoms in total. The van der Waals surface area contributed by atoms with Crippen molar-refractivity contribution in [2.24, 2.45) is 0 Å². The van der Waals surface area contributed by atoms with E-state index >= 15 is 0 Å². The average molecular weight is 392 g/mol. The number of rotatable bonds is 5. The Labute approximate surface area is 172 Å². The highest BCUT2D eigenvalue weighted by Crippen LogP contribution is 2.30. The maximum atomic E-state index is 13.1. The molecule has 2 aliphatic heterocycles. The van der Waals surface area contributed by atoms with Crippen LogP contribution >= 0.6 is 0 Å². The highest BCUT2D eigenvalue weighted by atomic mass is 16.2. The van der Waals surface area contributed by atoms with Crippen LogP contribution in [0.2, 0.25) is 0 Å². The molecule has 29 heavy (non-hydrogen) atoms. The molecule has 0 saturated carbocycles. The van der Waals surface area contributed by atoms with Crippen molar-refractivity contribution < 1.29 is 9.59 Å². The van der Waals surface area contributed by atoms with Gasteiger partial charge < -0.3 is 14.7 Å². The smallest absolute Gasteiger partial charge is 0.253 e. The molecule has 0 atom stereocenters. The molecular weight excluding hydrogens is 362 g/mol. The number of carbonyl (C=O) groups excluding carboxylic acids is 2. The van der Waals surface area contributed by atoms with Gasteiger partial charge in [-0.15, -0.1) is 0 Å². The standard InChI is InChI=1S/C24H29N3O2/c1-3-23(28)27-15-12-18-16-19(10-11-22(18)27)24(29)25(2)17-20-8-4-5-9-21(20)26-13-6-7-14-26/h4-5,8-11,16H,3,6-7,12-15,17H2,1-2H3. The number of hydrogen-bond acceptors (Lipinski definition) is 3. The summed E-state index contributed by atoms with van der Waals surface area (Å²) in [5, 5.41) is 0. The van der Waals surface area contributed by atoms with Gasteiger partial charge in [0, 0.05) is 56.6 Å². The molecule has 2 aromatic carbocycles. The van der Waals surface area contributed by atoms with Crippen LogP contribution in [0.3, 0.4) is 0 Å². The third-order valence-electron chi connectivity index (χ3n) is 6.02. The van der Waals surface area contributed by atoms with Crippen molar-refractivity contribution in [3.63, 3.8) is 0 Å². The molecule has 1 fully saturated rings. The number of hydrogen-bond donors (Lipinski definition) is 0. The van der Waals surface area contributed by atoms with Crippen LogP contribution in [0.4, 0.5) is 11.4 Å². The van der Waals surface area contributed by atoms with E-state index < -0.39 is 0 Å². The average Bonchev–Trinajstić information content (AvgIpc) is 3.42. The van der Waals surface area contributed by atoms with Crippen LogP contribution < -0.4 is 9.80 Å². The molecule has 5 heteroatoms. The molecule has 2 aromatic rings. The summed E-state index contributed by atoms with van der Waals surface area (Å²) in [6, 6.07) is 14.1. The molecule has 0 aromatic heterocycles. The van der Waals surface area contributed by atoms with Crippen LogP contribution in [0.25, 0.3) is 0 Å². The molecule has 152 valence electrons. The van der Waals surface area contributed by atoms with E-state index in [2.05, 4.69) is 23.1 Å². The van der Waals surface area contributed by atoms with Crippen LogP contribution in [0, 0.1) is 0 Å². The summed E-state index contributed by atoms with van der Waals surface area (Å²) in [6.45, 7) is 5.36. The zero-order valence-electron chi connectivity index (χ0n) is 17.4. The van der Waals surface area contributed by atoms with E-state index in [0.717, 1.165) is 30.8 Å². The first-order chi connectivity index (χ1) is 14.1. The minimum Gasteiger partial charge on any atom is -0.371 e. The van der Waals surface area contributed by atoms with Crippen LogP contribution in [-0.2, 0) is 17.8 Å². The first-order valence-corrected chi connectivity index (χ1v) is 10.6. The number of nitrogens with zero attached hydrogens (tertiary/aromatic N) is 3. The van der Waals surface area contributed by atoms with Crippen LogP contribution in [0.15, 0.2) is 42.5 Å². The van der Waals surface area contributed by atoms with E-state index in [-0.39, 0.29) is 11.8 Å². The number of para-hydroxylation sites is 1. The van der Waals surface area contributed by atoms with E-state index in [4.69, 9.17) is 0 Å². The Kier molecular flexibility index (Phi) is 5.56. The Morgan fingerprint density at radius 1 is 1.00 bits per heavy atom. The Bertz CT molecular complexity index is 918. The van der Waals surface area contributed by atoms with Gasteiger partial charge in [-0.1, -0.05) is 25.1 Å². The summed E-state index contributed by atoms with van der Waals surface area (Å²) >= 11 is 0. The maximum absolute atomic E-state index is 13.1. The van der Waals surface area contributed by atoms with E-state index in [9.17, 15) is 9.59 Å². The summed E-state index contributed by atoms with van der Waals surface area (Å²) in [5.41, 5.74) is 5.16. The normalized spacial score (nSPS) is 15.5. The second-order valence-corrected chi connectivity index (χ2v) is 7.98. The van der Waals surface area contributed by atoms with E-state index in [1.54, 1.807) is 4.90 Å². The topological polar surface area (TPSA) is 43.9 Å². The zero-order chi connectivity index (χ0) is 20.4. The van der Waals surface area contributed by atoms with Crippen molar-refractivity contribution in [1.82, 2.24) is 4.90 Å². The van der Waals surface area contributed by atoms with Gasteiger partial charge in [0.05, 0.1) is 0 Å². The molecule has 0 N–H and O–H groups in total. The number of anilines is 2. The minimum absolute atomic E-state index is 0.0179. The van der Waals surface area contributed by atoms with Gasteiger partial charge in [0.1, 0.15) is 0 Å². The predicted octanol–water partition coefficient (Wildman–Crippen LogP) is 3.86. The molecule has 0 radical (unpaired) electrons. The summed E-state index contributed by atoms with van der Waals surface area (Å²) in [5.74, 6) is 0.155. The minimum atomic E-state index is 0.0179. The molecular formula is C24H29N3O2. The molecule has 0 bridgehead atoms. The zero-order valence-corrected chi connectivity index (χ0v) is 17.4. The van der Waals surface area contributed by atoms with E-state index in [0.29, 0.717) is 25.1 Å². The van der Waals surface area contributed by atoms with Crippen molar-refractivity contribution in [3.05, 3.63) is 59.2 Å². The third kappa shape index (κ3) is 3.86. The summed E-state index contributed by atoms with van der Waals surface area (Å²) in [4.78, 5) is 31.2. The lowest BCUT2D eigenvalue weighted by atomic mass is 10.1. The Morgan fingerprint density at radius 2 is 1.76 bits per heavy atom. The van der Waals surface area contributed by atoms with Gasteiger partial charge in [0.2, 0.25) is 5.91 Å². The molecule has 0 spiro atoms. The lowest BCUT2D eigenvalue weighted by Gasteiger charge is -2.25. The lowest BCUT2D eigenvalue weighted by molar-refractivity contribution is -0.118. The van der Waals surface area contributed by atoms with Gasteiger partial charge >= 0.3 is 0 Å². The van der Waals surface area contributed by atoms with Gasteiger partial charge in [0.25, 0.3) is 5.91 Å². The molecule has 1 saturated heterocycles. The highest BCUT2D eigenvalue weighted by Gasteiger charge is 2.25. The fraction of sp³-hybridized carbons (Fsp3) is 0.417. The van der Waals surface area contributed by atoms with Crippen molar-refractivity contribution in [3.8, 4) is 0 Å². The monoisotopic (exact) mass is 391 g/mol. The molecule has 0 unspecified atom stereocenters. The first-order valence-electron chi connectivity index (χ1n) is 10.6. The van der Waals surface area contributed by atoms with Crippen LogP contribution in [0.5, 0.6) is 0 Å². The van der Waals surface area contributed by atoms with E-state index in [1.807, 2.05) is 43.1 Å². The Balaban J connectivity index is 1.50. The SMILES string of the molecule is CCC(=O)N1CCc2cc(C(=O)N(C)Cc3ccccc3N3CCCC3)ccc21. The van der Waals surface area contributed by atoms with Crippen LogP contribution in [-0.4, -0.2) is 43.4 Å². The summed E-state index contributed by atoms with van der Waals surface area (Å²) < 4.78 is 0. The van der Waals surface area contributed by atoms with Gasteiger partial charge in [-0.05, 0) is 54.7 Å². The van der Waals surface area contributed by atoms with Crippen molar-refractivity contribution in [2.45, 2.75) is 39.2 Å². The third-order valence-corrected chi connectivity index (χ3v) is 6.02. The van der Waals surface area contributed by atoms with Crippen LogP contribution in [0.1, 0.15) is 47.7 Å². The molecule has 0 aliphatic carbocycles. The van der Waals surface area contributed by atoms with Crippen molar-refractivity contribution in [2.75, 3.05) is 36.5 Å². The second kappa shape index (κ2) is 8.27. The predicted molar refractivity (Wildman–Crippen MR) is 116 cm³/mol. The van der Waals surface area contributed by atoms with Crippen molar-refractivity contribution in [1.29, 1.82) is 0 Å². The molecule has 2 aliphatic rings. The summed E-state index contributed by atoms with van der Waals surface area (Å²) in [6.07, 6.45) is 3.77. The fourth-order valence-electron chi connectivity index (χ4n) is 4.44. The maximum Gasteiger partial charge on any atom is 0.253 e. The highest BCUT2D eigenvalue weighted by molar-refractivity contribution is 5.98. The Morgan fingerprint density at radius 3 is 2.52 bits per heavy atom. The first kappa shape index (κ1) is 19.5. The van der Waals surface area contributed by atoms with E-state index in [1.165, 1.54) is 24.1 Å².